The summed E-state index contributed by atoms with van der Waals surface area (Å²) in [7, 11) is 0. The third-order valence-corrected chi connectivity index (χ3v) is 8.08. The van der Waals surface area contributed by atoms with Gasteiger partial charge in [-0.3, -0.25) is 4.79 Å². The molecule has 164 valence electrons. The number of pyridine rings is 1. The lowest BCUT2D eigenvalue weighted by Crippen LogP contribution is -2.53. The molecule has 2 aliphatic carbocycles. The minimum atomic E-state index is -0.126. The van der Waals surface area contributed by atoms with Crippen LogP contribution in [0.5, 0.6) is 5.75 Å². The van der Waals surface area contributed by atoms with Crippen molar-refractivity contribution in [1.82, 2.24) is 4.98 Å². The van der Waals surface area contributed by atoms with E-state index in [0.717, 1.165) is 37.0 Å². The van der Waals surface area contributed by atoms with E-state index in [4.69, 9.17) is 22.1 Å². The lowest BCUT2D eigenvalue weighted by Gasteiger charge is -2.51. The van der Waals surface area contributed by atoms with Crippen LogP contribution in [0.1, 0.15) is 71.6 Å². The monoisotopic (exact) mass is 430 g/mol. The van der Waals surface area contributed by atoms with E-state index in [1.54, 1.807) is 12.3 Å². The highest BCUT2D eigenvalue weighted by Gasteiger charge is 2.47. The molecule has 0 amide bonds. The summed E-state index contributed by atoms with van der Waals surface area (Å²) in [6.45, 7) is 4.54. The highest BCUT2D eigenvalue weighted by atomic mass is 35.5. The normalized spacial score (nSPS) is 26.8. The van der Waals surface area contributed by atoms with Crippen molar-refractivity contribution in [3.63, 3.8) is 0 Å². The van der Waals surface area contributed by atoms with Gasteiger partial charge in [-0.2, -0.15) is 0 Å². The number of nitrogens with two attached hydrogens (primary N) is 1. The SMILES string of the molecule is CC(C)[C@H](N)C1(C2CCCCC2)CCC(Oc2cc3cc[nH]c(=O)c3cc2Cl)CC1. The fourth-order valence-electron chi connectivity index (χ4n) is 6.06. The van der Waals surface area contributed by atoms with Crippen LogP contribution < -0.4 is 16.0 Å². The standard InChI is InChI=1S/C25H35ClN2O2/c1-16(2)23(27)25(18-6-4-3-5-7-18)11-8-19(9-12-25)30-22-14-17-10-13-28-24(29)20(17)15-21(22)26/h10,13-16,18-19,23H,3-9,11-12,27H2,1-2H3,(H,28,29)/t19?,23-,25?/m0/s1. The molecule has 5 heteroatoms. The second-order valence-electron chi connectivity index (χ2n) is 9.83. The molecule has 4 rings (SSSR count). The Kier molecular flexibility index (Phi) is 6.45. The van der Waals surface area contributed by atoms with Crippen LogP contribution in [0.2, 0.25) is 5.02 Å². The van der Waals surface area contributed by atoms with Gasteiger partial charge in [0.15, 0.2) is 0 Å². The van der Waals surface area contributed by atoms with Gasteiger partial charge in [-0.15, -0.1) is 0 Å². The van der Waals surface area contributed by atoms with Crippen molar-refractivity contribution in [3.05, 3.63) is 39.8 Å². The number of H-pyrrole nitrogens is 1. The molecule has 1 aromatic carbocycles. The summed E-state index contributed by atoms with van der Waals surface area (Å²) in [5.74, 6) is 1.93. The maximum Gasteiger partial charge on any atom is 0.255 e. The van der Waals surface area contributed by atoms with Crippen molar-refractivity contribution in [2.45, 2.75) is 83.8 Å². The van der Waals surface area contributed by atoms with E-state index in [-0.39, 0.29) is 23.1 Å². The minimum absolute atomic E-state index is 0.126. The molecule has 0 spiro atoms. The average Bonchev–Trinajstić information content (AvgIpc) is 2.76. The summed E-state index contributed by atoms with van der Waals surface area (Å²) in [6.07, 6.45) is 12.8. The highest BCUT2D eigenvalue weighted by Crippen LogP contribution is 2.52. The molecule has 1 aromatic heterocycles. The van der Waals surface area contributed by atoms with Crippen molar-refractivity contribution in [2.24, 2.45) is 23.0 Å². The Bertz CT molecular complexity index is 924. The second-order valence-corrected chi connectivity index (χ2v) is 10.2. The van der Waals surface area contributed by atoms with E-state index in [0.29, 0.717) is 22.1 Å². The molecular weight excluding hydrogens is 396 g/mol. The molecule has 2 fully saturated rings. The van der Waals surface area contributed by atoms with Gasteiger partial charge in [0.1, 0.15) is 5.75 Å². The maximum absolute atomic E-state index is 12.0. The van der Waals surface area contributed by atoms with E-state index in [9.17, 15) is 4.79 Å². The molecule has 0 aliphatic heterocycles. The first-order valence-corrected chi connectivity index (χ1v) is 12.0. The second kappa shape index (κ2) is 8.92. The van der Waals surface area contributed by atoms with Gasteiger partial charge in [0.05, 0.1) is 11.1 Å². The number of benzene rings is 1. The quantitative estimate of drug-likeness (QED) is 0.606. The van der Waals surface area contributed by atoms with Crippen LogP contribution in [0.15, 0.2) is 29.2 Å². The van der Waals surface area contributed by atoms with Gasteiger partial charge in [0.25, 0.3) is 5.56 Å². The van der Waals surface area contributed by atoms with Crippen LogP contribution in [0, 0.1) is 17.3 Å². The molecule has 1 atom stereocenters. The van der Waals surface area contributed by atoms with Crippen LogP contribution in [0.4, 0.5) is 0 Å². The largest absolute Gasteiger partial charge is 0.489 e. The molecule has 3 N–H and O–H groups in total. The van der Waals surface area contributed by atoms with E-state index in [1.807, 2.05) is 12.1 Å². The summed E-state index contributed by atoms with van der Waals surface area (Å²) in [6, 6.07) is 5.75. The predicted molar refractivity (Wildman–Crippen MR) is 124 cm³/mol. The van der Waals surface area contributed by atoms with E-state index < -0.39 is 0 Å². The number of hydrogen-bond donors (Lipinski definition) is 2. The Morgan fingerprint density at radius 3 is 2.50 bits per heavy atom. The zero-order valence-corrected chi connectivity index (χ0v) is 19.0. The summed E-state index contributed by atoms with van der Waals surface area (Å²) < 4.78 is 6.37. The molecule has 30 heavy (non-hydrogen) atoms. The van der Waals surface area contributed by atoms with Gasteiger partial charge in [0, 0.05) is 17.6 Å². The number of rotatable bonds is 5. The summed E-state index contributed by atoms with van der Waals surface area (Å²) >= 11 is 6.47. The van der Waals surface area contributed by atoms with Crippen LogP contribution in [-0.4, -0.2) is 17.1 Å². The smallest absolute Gasteiger partial charge is 0.255 e. The Balaban J connectivity index is 1.51. The molecule has 2 saturated carbocycles. The van der Waals surface area contributed by atoms with Crippen LogP contribution in [-0.2, 0) is 0 Å². The van der Waals surface area contributed by atoms with Crippen LogP contribution >= 0.6 is 11.6 Å². The first-order valence-electron chi connectivity index (χ1n) is 11.6. The number of aromatic nitrogens is 1. The number of fused-ring (bicyclic) bond motifs is 1. The first kappa shape index (κ1) is 21.7. The minimum Gasteiger partial charge on any atom is -0.489 e. The van der Waals surface area contributed by atoms with Crippen molar-refractivity contribution in [1.29, 1.82) is 0 Å². The summed E-state index contributed by atoms with van der Waals surface area (Å²) in [5, 5.41) is 1.95. The van der Waals surface area contributed by atoms with E-state index in [2.05, 4.69) is 18.8 Å². The Morgan fingerprint density at radius 2 is 1.83 bits per heavy atom. The number of hydrogen-bond acceptors (Lipinski definition) is 3. The molecule has 4 nitrogen and oxygen atoms in total. The van der Waals surface area contributed by atoms with E-state index >= 15 is 0 Å². The van der Waals surface area contributed by atoms with Crippen molar-refractivity contribution in [3.8, 4) is 5.75 Å². The predicted octanol–water partition coefficient (Wildman–Crippen LogP) is 6.05. The zero-order chi connectivity index (χ0) is 21.3. The fourth-order valence-corrected chi connectivity index (χ4v) is 6.27. The first-order chi connectivity index (χ1) is 14.4. The number of halogens is 1. The lowest BCUT2D eigenvalue weighted by atomic mass is 9.56. The molecule has 0 bridgehead atoms. The molecule has 0 saturated heterocycles. The number of ether oxygens (including phenoxy) is 1. The summed E-state index contributed by atoms with van der Waals surface area (Å²) in [5.41, 5.74) is 6.98. The summed E-state index contributed by atoms with van der Waals surface area (Å²) in [4.78, 5) is 14.7. The molecule has 0 radical (unpaired) electrons. The number of nitrogens with one attached hydrogen (secondary N) is 1. The molecule has 0 unspecified atom stereocenters. The van der Waals surface area contributed by atoms with Gasteiger partial charge in [-0.05, 0) is 79.4 Å². The Morgan fingerprint density at radius 1 is 1.13 bits per heavy atom. The van der Waals surface area contributed by atoms with Crippen LogP contribution in [0.3, 0.4) is 0 Å². The molecular formula is C25H35ClN2O2. The third-order valence-electron chi connectivity index (χ3n) is 7.78. The van der Waals surface area contributed by atoms with Crippen molar-refractivity contribution >= 4 is 22.4 Å². The maximum atomic E-state index is 12.0. The van der Waals surface area contributed by atoms with Gasteiger partial charge in [0.2, 0.25) is 0 Å². The van der Waals surface area contributed by atoms with Crippen molar-refractivity contribution < 1.29 is 4.74 Å². The van der Waals surface area contributed by atoms with Gasteiger partial charge >= 0.3 is 0 Å². The highest BCUT2D eigenvalue weighted by molar-refractivity contribution is 6.32. The van der Waals surface area contributed by atoms with Gasteiger partial charge in [-0.1, -0.05) is 44.7 Å². The fraction of sp³-hybridized carbons (Fsp3) is 0.640. The average molecular weight is 431 g/mol. The molecule has 2 aliphatic rings. The lowest BCUT2D eigenvalue weighted by molar-refractivity contribution is -0.0109. The molecule has 1 heterocycles. The van der Waals surface area contributed by atoms with Gasteiger partial charge < -0.3 is 15.5 Å². The van der Waals surface area contributed by atoms with Crippen molar-refractivity contribution in [2.75, 3.05) is 0 Å². The van der Waals surface area contributed by atoms with Crippen LogP contribution in [0.25, 0.3) is 10.8 Å². The Hall–Kier alpha value is -1.52. The third kappa shape index (κ3) is 4.13. The zero-order valence-electron chi connectivity index (χ0n) is 18.3. The van der Waals surface area contributed by atoms with E-state index in [1.165, 1.54) is 32.1 Å². The number of aromatic amines is 1. The van der Waals surface area contributed by atoms with Gasteiger partial charge in [-0.25, -0.2) is 0 Å². The topological polar surface area (TPSA) is 68.1 Å². The Labute approximate surface area is 184 Å². The molecule has 2 aromatic rings.